The number of nitrogens with zero attached hydrogens (tertiary/aromatic N) is 2. The van der Waals surface area contributed by atoms with E-state index in [2.05, 4.69) is 144 Å². The molecule has 180 valence electrons. The van der Waals surface area contributed by atoms with Crippen LogP contribution in [0.25, 0.3) is 0 Å². The Labute approximate surface area is 207 Å². The summed E-state index contributed by atoms with van der Waals surface area (Å²) in [7, 11) is 0. The molecular formula is C32H42N2. The van der Waals surface area contributed by atoms with Crippen LogP contribution < -0.4 is 9.80 Å². The fourth-order valence-electron chi connectivity index (χ4n) is 6.26. The van der Waals surface area contributed by atoms with Crippen LogP contribution in [0.1, 0.15) is 84.8 Å². The molecule has 0 saturated carbocycles. The van der Waals surface area contributed by atoms with Crippen molar-refractivity contribution in [3.8, 4) is 0 Å². The lowest BCUT2D eigenvalue weighted by Crippen LogP contribution is -2.53. The SMILES string of the molecule is CC(C)c1cccc(C(C)C)c1N1[C@@H](N(c2ccccc2)c2ccccc2)C(C)(C)CC1(C)C. The highest BCUT2D eigenvalue weighted by Crippen LogP contribution is 2.54. The zero-order chi connectivity index (χ0) is 24.7. The molecule has 0 N–H and O–H groups in total. The number of para-hydroxylation sites is 3. The first-order chi connectivity index (χ1) is 16.0. The average Bonchev–Trinajstić information content (AvgIpc) is 2.98. The van der Waals surface area contributed by atoms with Crippen LogP contribution in [0.4, 0.5) is 17.1 Å². The summed E-state index contributed by atoms with van der Waals surface area (Å²) in [5.41, 5.74) is 6.87. The third-order valence-electron chi connectivity index (χ3n) is 7.38. The number of rotatable bonds is 6. The van der Waals surface area contributed by atoms with Crippen LogP contribution in [0.2, 0.25) is 0 Å². The van der Waals surface area contributed by atoms with Gasteiger partial charge >= 0.3 is 0 Å². The predicted octanol–water partition coefficient (Wildman–Crippen LogP) is 9.11. The Balaban J connectivity index is 2.03. The van der Waals surface area contributed by atoms with Gasteiger partial charge in [0.2, 0.25) is 0 Å². The molecule has 1 aliphatic rings. The van der Waals surface area contributed by atoms with Gasteiger partial charge < -0.3 is 9.80 Å². The molecule has 1 heterocycles. The lowest BCUT2D eigenvalue weighted by atomic mass is 9.83. The Kier molecular flexibility index (Phi) is 6.55. The van der Waals surface area contributed by atoms with E-state index < -0.39 is 0 Å². The maximum Gasteiger partial charge on any atom is 0.112 e. The van der Waals surface area contributed by atoms with E-state index in [-0.39, 0.29) is 17.1 Å². The molecule has 1 aliphatic heterocycles. The fourth-order valence-corrected chi connectivity index (χ4v) is 6.26. The smallest absolute Gasteiger partial charge is 0.112 e. The Morgan fingerprint density at radius 3 is 1.53 bits per heavy atom. The second-order valence-corrected chi connectivity index (χ2v) is 11.9. The molecule has 1 fully saturated rings. The molecule has 0 amide bonds. The topological polar surface area (TPSA) is 6.48 Å². The van der Waals surface area contributed by atoms with Crippen molar-refractivity contribution in [2.45, 2.75) is 85.4 Å². The molecule has 0 bridgehead atoms. The Bertz CT molecular complexity index is 1030. The highest BCUT2D eigenvalue weighted by atomic mass is 15.4. The molecule has 1 atom stereocenters. The molecule has 2 heteroatoms. The van der Waals surface area contributed by atoms with Gasteiger partial charge in [0, 0.05) is 28.0 Å². The quantitative estimate of drug-likeness (QED) is 0.366. The van der Waals surface area contributed by atoms with Crippen molar-refractivity contribution in [2.24, 2.45) is 5.41 Å². The van der Waals surface area contributed by atoms with Crippen molar-refractivity contribution in [1.29, 1.82) is 0 Å². The lowest BCUT2D eigenvalue weighted by molar-refractivity contribution is 0.319. The van der Waals surface area contributed by atoms with Gasteiger partial charge in [-0.2, -0.15) is 0 Å². The van der Waals surface area contributed by atoms with Crippen molar-refractivity contribution >= 4 is 17.1 Å². The van der Waals surface area contributed by atoms with Crippen molar-refractivity contribution in [1.82, 2.24) is 0 Å². The van der Waals surface area contributed by atoms with Crippen LogP contribution in [0.15, 0.2) is 78.9 Å². The zero-order valence-corrected chi connectivity index (χ0v) is 22.3. The number of hydrogen-bond donors (Lipinski definition) is 0. The third-order valence-corrected chi connectivity index (χ3v) is 7.38. The van der Waals surface area contributed by atoms with E-state index in [1.54, 1.807) is 0 Å². The van der Waals surface area contributed by atoms with E-state index in [0.29, 0.717) is 11.8 Å². The van der Waals surface area contributed by atoms with Gasteiger partial charge in [0.1, 0.15) is 6.17 Å². The van der Waals surface area contributed by atoms with Gasteiger partial charge in [0.25, 0.3) is 0 Å². The van der Waals surface area contributed by atoms with Crippen LogP contribution in [0.3, 0.4) is 0 Å². The van der Waals surface area contributed by atoms with Crippen LogP contribution in [0.5, 0.6) is 0 Å². The van der Waals surface area contributed by atoms with E-state index in [4.69, 9.17) is 0 Å². The molecule has 0 unspecified atom stereocenters. The summed E-state index contributed by atoms with van der Waals surface area (Å²) in [5, 5.41) is 0. The third kappa shape index (κ3) is 4.35. The monoisotopic (exact) mass is 454 g/mol. The number of benzene rings is 3. The summed E-state index contributed by atoms with van der Waals surface area (Å²) in [6.07, 6.45) is 1.29. The van der Waals surface area contributed by atoms with Gasteiger partial charge in [-0.15, -0.1) is 0 Å². The van der Waals surface area contributed by atoms with Crippen molar-refractivity contribution in [3.05, 3.63) is 90.0 Å². The van der Waals surface area contributed by atoms with Crippen molar-refractivity contribution < 1.29 is 0 Å². The first-order valence-electron chi connectivity index (χ1n) is 12.9. The van der Waals surface area contributed by atoms with E-state index in [1.165, 1.54) is 28.2 Å². The molecule has 3 aromatic carbocycles. The molecule has 0 aromatic heterocycles. The van der Waals surface area contributed by atoms with Crippen LogP contribution in [-0.2, 0) is 0 Å². The minimum absolute atomic E-state index is 0.00457. The van der Waals surface area contributed by atoms with Crippen LogP contribution in [0, 0.1) is 5.41 Å². The zero-order valence-electron chi connectivity index (χ0n) is 22.3. The molecule has 2 nitrogen and oxygen atoms in total. The lowest BCUT2D eigenvalue weighted by Gasteiger charge is -2.48. The first kappa shape index (κ1) is 24.4. The van der Waals surface area contributed by atoms with Gasteiger partial charge in [0.15, 0.2) is 0 Å². The molecule has 0 spiro atoms. The molecule has 34 heavy (non-hydrogen) atoms. The maximum atomic E-state index is 2.78. The van der Waals surface area contributed by atoms with Gasteiger partial charge in [-0.3, -0.25) is 0 Å². The molecular weight excluding hydrogens is 412 g/mol. The minimum atomic E-state index is 0.00457. The van der Waals surface area contributed by atoms with Gasteiger partial charge in [-0.05, 0) is 67.5 Å². The summed E-state index contributed by atoms with van der Waals surface area (Å²) in [5.74, 6) is 0.909. The van der Waals surface area contributed by atoms with E-state index in [1.807, 2.05) is 0 Å². The summed E-state index contributed by atoms with van der Waals surface area (Å²) >= 11 is 0. The maximum absolute atomic E-state index is 2.78. The normalized spacial score (nSPS) is 19.1. The Morgan fingerprint density at radius 1 is 0.676 bits per heavy atom. The number of anilines is 3. The highest BCUT2D eigenvalue weighted by molar-refractivity contribution is 5.71. The molecule has 4 rings (SSSR count). The second kappa shape index (κ2) is 9.13. The molecule has 1 saturated heterocycles. The minimum Gasteiger partial charge on any atom is -0.345 e. The molecule has 3 aromatic rings. The Morgan fingerprint density at radius 2 is 1.12 bits per heavy atom. The van der Waals surface area contributed by atoms with Crippen LogP contribution >= 0.6 is 0 Å². The summed E-state index contributed by atoms with van der Waals surface area (Å²) in [4.78, 5) is 5.35. The first-order valence-corrected chi connectivity index (χ1v) is 12.9. The summed E-state index contributed by atoms with van der Waals surface area (Å²) in [6, 6.07) is 28.8. The van der Waals surface area contributed by atoms with E-state index >= 15 is 0 Å². The fraction of sp³-hybridized carbons (Fsp3) is 0.438. The molecule has 0 radical (unpaired) electrons. The second-order valence-electron chi connectivity index (χ2n) is 11.9. The Hall–Kier alpha value is -2.74. The van der Waals surface area contributed by atoms with E-state index in [9.17, 15) is 0 Å². The predicted molar refractivity (Wildman–Crippen MR) is 148 cm³/mol. The molecule has 0 aliphatic carbocycles. The summed E-state index contributed by atoms with van der Waals surface area (Å²) in [6.45, 7) is 19.1. The average molecular weight is 455 g/mol. The summed E-state index contributed by atoms with van der Waals surface area (Å²) < 4.78 is 0. The number of hydrogen-bond acceptors (Lipinski definition) is 2. The van der Waals surface area contributed by atoms with Crippen LogP contribution in [-0.4, -0.2) is 11.7 Å². The van der Waals surface area contributed by atoms with Gasteiger partial charge in [-0.1, -0.05) is 96.1 Å². The van der Waals surface area contributed by atoms with Gasteiger partial charge in [-0.25, -0.2) is 0 Å². The van der Waals surface area contributed by atoms with Crippen molar-refractivity contribution in [3.63, 3.8) is 0 Å². The highest BCUT2D eigenvalue weighted by Gasteiger charge is 2.54. The van der Waals surface area contributed by atoms with Gasteiger partial charge in [0.05, 0.1) is 0 Å². The standard InChI is InChI=1S/C32H42N2/c1-23(2)27-20-15-21-28(24(3)4)29(27)34-30(31(5,6)22-32(34,7)8)33(25-16-11-9-12-17-25)26-18-13-10-14-19-26/h9-21,23-24,30H,22H2,1-8H3/t30-/m1/s1. The van der Waals surface area contributed by atoms with E-state index in [0.717, 1.165) is 6.42 Å². The van der Waals surface area contributed by atoms with Crippen molar-refractivity contribution in [2.75, 3.05) is 9.80 Å². The largest absolute Gasteiger partial charge is 0.345 e.